The van der Waals surface area contributed by atoms with Gasteiger partial charge in [0.05, 0.1) is 18.9 Å². The van der Waals surface area contributed by atoms with Crippen molar-refractivity contribution in [3.63, 3.8) is 0 Å². The van der Waals surface area contributed by atoms with E-state index < -0.39 is 45.2 Å². The monoisotopic (exact) mass is 469 g/mol. The molecule has 1 atom stereocenters. The molecule has 1 aromatic carbocycles. The third kappa shape index (κ3) is 7.75. The number of amides is 1. The average molecular weight is 470 g/mol. The van der Waals surface area contributed by atoms with Crippen LogP contribution in [0.4, 0.5) is 0 Å². The van der Waals surface area contributed by atoms with Gasteiger partial charge in [0, 0.05) is 6.54 Å². The molecule has 1 fully saturated rings. The first-order valence-corrected chi connectivity index (χ1v) is 12.4. The van der Waals surface area contributed by atoms with Crippen molar-refractivity contribution in [1.82, 2.24) is 9.73 Å². The summed E-state index contributed by atoms with van der Waals surface area (Å²) in [5.41, 5.74) is -0.111. The van der Waals surface area contributed by atoms with Gasteiger partial charge < -0.3 is 9.47 Å². The fourth-order valence-corrected chi connectivity index (χ4v) is 5.13. The second-order valence-corrected chi connectivity index (χ2v) is 11.1. The van der Waals surface area contributed by atoms with Gasteiger partial charge in [-0.25, -0.2) is 19.0 Å². The van der Waals surface area contributed by atoms with Crippen molar-refractivity contribution in [3.8, 4) is 5.75 Å². The van der Waals surface area contributed by atoms with E-state index in [2.05, 4.69) is 4.72 Å². The van der Waals surface area contributed by atoms with Gasteiger partial charge in [-0.2, -0.15) is 0 Å². The lowest BCUT2D eigenvalue weighted by atomic mass is 10.0. The minimum Gasteiger partial charge on any atom is -0.497 e. The highest BCUT2D eigenvalue weighted by atomic mass is 32.2. The van der Waals surface area contributed by atoms with Gasteiger partial charge in [0.2, 0.25) is 10.0 Å². The van der Waals surface area contributed by atoms with Crippen LogP contribution in [0, 0.1) is 5.92 Å². The van der Waals surface area contributed by atoms with Crippen LogP contribution in [-0.4, -0.2) is 49.8 Å². The number of hydrazine groups is 1. The highest BCUT2D eigenvalue weighted by Crippen LogP contribution is 2.23. The van der Waals surface area contributed by atoms with E-state index in [9.17, 15) is 18.0 Å². The van der Waals surface area contributed by atoms with Crippen LogP contribution in [0.15, 0.2) is 24.3 Å². The molecule has 9 nitrogen and oxygen atoms in total. The number of rotatable bonds is 9. The Morgan fingerprint density at radius 3 is 2.28 bits per heavy atom. The zero-order valence-corrected chi connectivity index (χ0v) is 20.1. The van der Waals surface area contributed by atoms with Crippen LogP contribution in [0.2, 0.25) is 0 Å². The van der Waals surface area contributed by atoms with E-state index in [4.69, 9.17) is 15.3 Å². The van der Waals surface area contributed by atoms with Crippen LogP contribution < -0.4 is 15.3 Å². The summed E-state index contributed by atoms with van der Waals surface area (Å²) in [6.07, 6.45) is 3.84. The fraction of sp³-hybridized carbons (Fsp3) is 0.636. The summed E-state index contributed by atoms with van der Waals surface area (Å²) in [5, 5.41) is 0.393. The zero-order valence-electron chi connectivity index (χ0n) is 19.3. The lowest BCUT2D eigenvalue weighted by Gasteiger charge is -2.27. The van der Waals surface area contributed by atoms with E-state index in [1.54, 1.807) is 52.1 Å². The predicted molar refractivity (Wildman–Crippen MR) is 121 cm³/mol. The number of carbonyl (C=O) groups excluding carboxylic acids is 2. The van der Waals surface area contributed by atoms with Gasteiger partial charge in [-0.1, -0.05) is 31.4 Å². The minimum atomic E-state index is -3.66. The van der Waals surface area contributed by atoms with Gasteiger partial charge in [-0.05, 0) is 51.3 Å². The first kappa shape index (κ1) is 26.1. The summed E-state index contributed by atoms with van der Waals surface area (Å²) >= 11 is 0. The Kier molecular flexibility index (Phi) is 9.06. The van der Waals surface area contributed by atoms with Crippen molar-refractivity contribution in [1.29, 1.82) is 0 Å². The number of ether oxygens (including phenoxy) is 2. The van der Waals surface area contributed by atoms with Gasteiger partial charge in [0.15, 0.2) is 5.92 Å². The number of hydrogen-bond donors (Lipinski definition) is 2. The molecular formula is C22H35N3O6S. The zero-order chi connectivity index (χ0) is 23.9. The van der Waals surface area contributed by atoms with Gasteiger partial charge in [-0.15, -0.1) is 0 Å². The molecule has 32 heavy (non-hydrogen) atoms. The van der Waals surface area contributed by atoms with Gasteiger partial charge in [-0.3, -0.25) is 14.6 Å². The normalized spacial score (nSPS) is 16.3. The molecular weight excluding hydrogens is 434 g/mol. The quantitative estimate of drug-likeness (QED) is 0.186. The van der Waals surface area contributed by atoms with Crippen molar-refractivity contribution in [3.05, 3.63) is 29.8 Å². The maximum atomic E-state index is 13.0. The van der Waals surface area contributed by atoms with Crippen LogP contribution in [0.25, 0.3) is 0 Å². The topological polar surface area (TPSA) is 128 Å². The average Bonchev–Trinajstić information content (AvgIpc) is 2.73. The number of nitrogens with two attached hydrogens (primary N) is 1. The molecule has 0 saturated heterocycles. The minimum absolute atomic E-state index is 0.0392. The molecule has 1 aromatic rings. The van der Waals surface area contributed by atoms with E-state index in [0.717, 1.165) is 29.8 Å². The molecule has 1 aliphatic carbocycles. The van der Waals surface area contributed by atoms with Crippen LogP contribution in [0.1, 0.15) is 58.4 Å². The van der Waals surface area contributed by atoms with Crippen molar-refractivity contribution >= 4 is 21.9 Å². The van der Waals surface area contributed by atoms with Gasteiger partial charge in [0.25, 0.3) is 5.91 Å². The highest BCUT2D eigenvalue weighted by molar-refractivity contribution is 7.90. The number of sulfonamides is 1. The molecule has 10 heteroatoms. The fourth-order valence-electron chi connectivity index (χ4n) is 3.54. The van der Waals surface area contributed by atoms with Crippen LogP contribution in [0.3, 0.4) is 0 Å². The Morgan fingerprint density at radius 2 is 1.75 bits per heavy atom. The molecule has 1 aliphatic rings. The van der Waals surface area contributed by atoms with E-state index in [0.29, 0.717) is 18.6 Å². The molecule has 180 valence electrons. The van der Waals surface area contributed by atoms with Crippen molar-refractivity contribution in [2.24, 2.45) is 11.8 Å². The van der Waals surface area contributed by atoms with E-state index in [-0.39, 0.29) is 6.54 Å². The standard InChI is InChI=1S/C22H35N3O6S/c1-22(2,3)31-21(27)19(14-24-32(28,29)18-8-6-5-7-9-18)20(26)25(23)15-16-10-12-17(30-4)13-11-16/h10-13,18-19,24H,5-9,14-15,23H2,1-4H3/t19-/m0/s1. The van der Waals surface area contributed by atoms with E-state index in [1.807, 2.05) is 0 Å². The second-order valence-electron chi connectivity index (χ2n) is 9.05. The lowest BCUT2D eigenvalue weighted by molar-refractivity contribution is -0.164. The Labute approximate surface area is 190 Å². The van der Waals surface area contributed by atoms with Crippen LogP contribution in [0.5, 0.6) is 5.75 Å². The third-order valence-corrected chi connectivity index (χ3v) is 7.18. The molecule has 0 heterocycles. The summed E-state index contributed by atoms with van der Waals surface area (Å²) in [5.74, 6) is 3.70. The number of hydrogen-bond acceptors (Lipinski definition) is 7. The molecule has 1 saturated carbocycles. The number of nitrogens with one attached hydrogen (secondary N) is 1. The molecule has 0 unspecified atom stereocenters. The van der Waals surface area contributed by atoms with Crippen LogP contribution >= 0.6 is 0 Å². The number of carbonyl (C=O) groups is 2. The Balaban J connectivity index is 2.13. The first-order valence-electron chi connectivity index (χ1n) is 10.8. The Hall–Kier alpha value is -2.17. The lowest BCUT2D eigenvalue weighted by Crippen LogP contribution is -2.50. The summed E-state index contributed by atoms with van der Waals surface area (Å²) in [6.45, 7) is 4.67. The smallest absolute Gasteiger partial charge is 0.320 e. The third-order valence-electron chi connectivity index (χ3n) is 5.26. The Morgan fingerprint density at radius 1 is 1.16 bits per heavy atom. The molecule has 1 amide bonds. The van der Waals surface area contributed by atoms with Gasteiger partial charge >= 0.3 is 5.97 Å². The maximum Gasteiger partial charge on any atom is 0.320 e. The number of esters is 1. The van der Waals surface area contributed by atoms with E-state index in [1.165, 1.54) is 0 Å². The predicted octanol–water partition coefficient (Wildman–Crippen LogP) is 2.11. The SMILES string of the molecule is COc1ccc(CN(N)C(=O)[C@H](CNS(=O)(=O)C2CCCCC2)C(=O)OC(C)(C)C)cc1. The van der Waals surface area contributed by atoms with Crippen molar-refractivity contribution in [2.45, 2.75) is 70.3 Å². The van der Waals surface area contributed by atoms with Crippen molar-refractivity contribution < 1.29 is 27.5 Å². The summed E-state index contributed by atoms with van der Waals surface area (Å²) < 4.78 is 38.4. The number of benzene rings is 1. The first-order chi connectivity index (χ1) is 14.9. The molecule has 0 aromatic heterocycles. The van der Waals surface area contributed by atoms with Gasteiger partial charge in [0.1, 0.15) is 11.4 Å². The second kappa shape index (κ2) is 11.1. The molecule has 3 N–H and O–H groups in total. The molecule has 2 rings (SSSR count). The number of nitrogens with zero attached hydrogens (tertiary/aromatic N) is 1. The van der Waals surface area contributed by atoms with E-state index >= 15 is 0 Å². The highest BCUT2D eigenvalue weighted by Gasteiger charge is 2.36. The molecule has 0 bridgehead atoms. The Bertz CT molecular complexity index is 874. The molecule has 0 radical (unpaired) electrons. The summed E-state index contributed by atoms with van der Waals surface area (Å²) in [7, 11) is -2.12. The largest absolute Gasteiger partial charge is 0.497 e. The number of methoxy groups -OCH3 is 1. The molecule has 0 aliphatic heterocycles. The molecule has 0 spiro atoms. The van der Waals surface area contributed by atoms with Crippen molar-refractivity contribution in [2.75, 3.05) is 13.7 Å². The summed E-state index contributed by atoms with van der Waals surface area (Å²) in [4.78, 5) is 25.8. The maximum absolute atomic E-state index is 13.0. The van der Waals surface area contributed by atoms with Crippen LogP contribution in [-0.2, 0) is 30.9 Å². The summed E-state index contributed by atoms with van der Waals surface area (Å²) in [6, 6.07) is 6.97.